The van der Waals surface area contributed by atoms with Gasteiger partial charge in [-0.15, -0.1) is 0 Å². The molecule has 0 fully saturated rings. The SMILES string of the molecule is CCCCCCCCC(OCC)C(C)(C)CC(C)(C)C(CCCCCCCC)OCC. The summed E-state index contributed by atoms with van der Waals surface area (Å²) in [5.74, 6) is 0. The first kappa shape index (κ1) is 30.9. The Hall–Kier alpha value is -0.0800. The zero-order valence-electron chi connectivity index (χ0n) is 23.0. The summed E-state index contributed by atoms with van der Waals surface area (Å²) in [7, 11) is 0. The minimum atomic E-state index is 0.166. The Morgan fingerprint density at radius 3 is 1.13 bits per heavy atom. The summed E-state index contributed by atoms with van der Waals surface area (Å²) in [6, 6.07) is 0. The highest BCUT2D eigenvalue weighted by Crippen LogP contribution is 2.43. The summed E-state index contributed by atoms with van der Waals surface area (Å²) < 4.78 is 12.6. The van der Waals surface area contributed by atoms with Crippen molar-refractivity contribution in [1.29, 1.82) is 0 Å². The van der Waals surface area contributed by atoms with Gasteiger partial charge in [-0.1, -0.05) is 119 Å². The quantitative estimate of drug-likeness (QED) is 0.156. The fraction of sp³-hybridized carbons (Fsp3) is 1.00. The molecule has 2 unspecified atom stereocenters. The van der Waals surface area contributed by atoms with Crippen molar-refractivity contribution >= 4 is 0 Å². The van der Waals surface area contributed by atoms with E-state index in [0.717, 1.165) is 19.6 Å². The van der Waals surface area contributed by atoms with Gasteiger partial charge >= 0.3 is 0 Å². The standard InChI is InChI=1S/C29H60O2/c1-9-13-15-17-19-21-23-26(30-11-3)28(5,6)25-29(7,8)27(31-12-4)24-22-20-18-16-14-10-2/h26-27H,9-25H2,1-8H3. The van der Waals surface area contributed by atoms with E-state index in [4.69, 9.17) is 9.47 Å². The van der Waals surface area contributed by atoms with Crippen LogP contribution in [-0.2, 0) is 9.47 Å². The van der Waals surface area contributed by atoms with Gasteiger partial charge in [-0.2, -0.15) is 0 Å². The summed E-state index contributed by atoms with van der Waals surface area (Å²) in [6.07, 6.45) is 20.5. The van der Waals surface area contributed by atoms with E-state index in [9.17, 15) is 0 Å². The molecule has 0 aliphatic carbocycles. The molecule has 2 atom stereocenters. The number of rotatable bonds is 22. The average Bonchev–Trinajstić information content (AvgIpc) is 2.70. The molecule has 0 spiro atoms. The minimum Gasteiger partial charge on any atom is -0.378 e. The van der Waals surface area contributed by atoms with Gasteiger partial charge in [-0.25, -0.2) is 0 Å². The first-order chi connectivity index (χ1) is 14.7. The topological polar surface area (TPSA) is 18.5 Å². The van der Waals surface area contributed by atoms with E-state index in [2.05, 4.69) is 55.4 Å². The monoisotopic (exact) mass is 440 g/mol. The van der Waals surface area contributed by atoms with E-state index < -0.39 is 0 Å². The predicted molar refractivity (Wildman–Crippen MR) is 139 cm³/mol. The molecule has 2 heteroatoms. The van der Waals surface area contributed by atoms with E-state index in [-0.39, 0.29) is 10.8 Å². The Morgan fingerprint density at radius 2 is 0.806 bits per heavy atom. The Balaban J connectivity index is 4.78. The first-order valence-electron chi connectivity index (χ1n) is 14.0. The zero-order valence-corrected chi connectivity index (χ0v) is 23.0. The molecule has 0 saturated carbocycles. The molecule has 0 aromatic rings. The van der Waals surface area contributed by atoms with E-state index in [1.54, 1.807) is 0 Å². The molecular formula is C29H60O2. The Kier molecular flexibility index (Phi) is 18.3. The van der Waals surface area contributed by atoms with Crippen molar-refractivity contribution in [2.75, 3.05) is 13.2 Å². The van der Waals surface area contributed by atoms with E-state index in [1.807, 2.05) is 0 Å². The van der Waals surface area contributed by atoms with Gasteiger partial charge in [0.15, 0.2) is 0 Å². The molecule has 0 amide bonds. The highest BCUT2D eigenvalue weighted by atomic mass is 16.5. The second-order valence-corrected chi connectivity index (χ2v) is 11.2. The van der Waals surface area contributed by atoms with Crippen molar-refractivity contribution in [3.8, 4) is 0 Å². The Bertz CT molecular complexity index is 352. The van der Waals surface area contributed by atoms with E-state index >= 15 is 0 Å². The maximum Gasteiger partial charge on any atom is 0.0626 e. The van der Waals surface area contributed by atoms with E-state index in [1.165, 1.54) is 89.9 Å². The van der Waals surface area contributed by atoms with Gasteiger partial charge in [0.2, 0.25) is 0 Å². The maximum atomic E-state index is 6.32. The lowest BCUT2D eigenvalue weighted by Gasteiger charge is -2.43. The van der Waals surface area contributed by atoms with Gasteiger partial charge in [-0.05, 0) is 43.9 Å². The second-order valence-electron chi connectivity index (χ2n) is 11.2. The fourth-order valence-electron chi connectivity index (χ4n) is 5.42. The lowest BCUT2D eigenvalue weighted by atomic mass is 9.68. The van der Waals surface area contributed by atoms with Crippen molar-refractivity contribution in [2.45, 2.75) is 164 Å². The highest BCUT2D eigenvalue weighted by molar-refractivity contribution is 4.90. The highest BCUT2D eigenvalue weighted by Gasteiger charge is 2.39. The lowest BCUT2D eigenvalue weighted by Crippen LogP contribution is -2.41. The van der Waals surface area contributed by atoms with Crippen molar-refractivity contribution in [3.05, 3.63) is 0 Å². The minimum absolute atomic E-state index is 0.166. The molecule has 0 rings (SSSR count). The van der Waals surface area contributed by atoms with Crippen LogP contribution in [0.5, 0.6) is 0 Å². The van der Waals surface area contributed by atoms with Crippen LogP contribution in [0.25, 0.3) is 0 Å². The van der Waals surface area contributed by atoms with Gasteiger partial charge in [0.1, 0.15) is 0 Å². The molecular weight excluding hydrogens is 380 g/mol. The third kappa shape index (κ3) is 14.6. The second kappa shape index (κ2) is 18.4. The number of unbranched alkanes of at least 4 members (excludes halogenated alkanes) is 10. The van der Waals surface area contributed by atoms with Crippen LogP contribution in [-0.4, -0.2) is 25.4 Å². The van der Waals surface area contributed by atoms with Gasteiger partial charge in [-0.3, -0.25) is 0 Å². The summed E-state index contributed by atoms with van der Waals surface area (Å²) >= 11 is 0. The molecule has 0 aliphatic rings. The molecule has 0 aliphatic heterocycles. The maximum absolute atomic E-state index is 6.32. The molecule has 0 N–H and O–H groups in total. The normalized spacial score (nSPS) is 14.7. The zero-order chi connectivity index (χ0) is 23.6. The van der Waals surface area contributed by atoms with Crippen molar-refractivity contribution in [2.24, 2.45) is 10.8 Å². The fourth-order valence-corrected chi connectivity index (χ4v) is 5.42. The van der Waals surface area contributed by atoms with Gasteiger partial charge in [0.05, 0.1) is 12.2 Å². The van der Waals surface area contributed by atoms with Crippen molar-refractivity contribution in [1.82, 2.24) is 0 Å². The van der Waals surface area contributed by atoms with Crippen LogP contribution in [0.15, 0.2) is 0 Å². The molecule has 0 saturated heterocycles. The number of hydrogen-bond donors (Lipinski definition) is 0. The average molecular weight is 441 g/mol. The lowest BCUT2D eigenvalue weighted by molar-refractivity contribution is -0.0833. The molecule has 0 aromatic heterocycles. The predicted octanol–water partition coefficient (Wildman–Crippen LogP) is 9.74. The molecule has 31 heavy (non-hydrogen) atoms. The molecule has 0 radical (unpaired) electrons. The summed E-state index contributed by atoms with van der Waals surface area (Å²) in [6.45, 7) is 20.2. The number of ether oxygens (including phenoxy) is 2. The molecule has 0 heterocycles. The van der Waals surface area contributed by atoms with Gasteiger partial charge in [0, 0.05) is 13.2 Å². The van der Waals surface area contributed by atoms with Gasteiger partial charge < -0.3 is 9.47 Å². The van der Waals surface area contributed by atoms with Crippen molar-refractivity contribution in [3.63, 3.8) is 0 Å². The Morgan fingerprint density at radius 1 is 0.484 bits per heavy atom. The largest absolute Gasteiger partial charge is 0.378 e. The van der Waals surface area contributed by atoms with Crippen LogP contribution in [0.2, 0.25) is 0 Å². The van der Waals surface area contributed by atoms with Crippen LogP contribution in [0, 0.1) is 10.8 Å². The first-order valence-corrected chi connectivity index (χ1v) is 14.0. The van der Waals surface area contributed by atoms with E-state index in [0.29, 0.717) is 12.2 Å². The van der Waals surface area contributed by atoms with Gasteiger partial charge in [0.25, 0.3) is 0 Å². The van der Waals surface area contributed by atoms with Crippen LogP contribution in [0.4, 0.5) is 0 Å². The summed E-state index contributed by atoms with van der Waals surface area (Å²) in [4.78, 5) is 0. The molecule has 0 bridgehead atoms. The van der Waals surface area contributed by atoms with Crippen LogP contribution < -0.4 is 0 Å². The van der Waals surface area contributed by atoms with Crippen LogP contribution >= 0.6 is 0 Å². The molecule has 0 aromatic carbocycles. The van der Waals surface area contributed by atoms with Crippen molar-refractivity contribution < 1.29 is 9.47 Å². The summed E-state index contributed by atoms with van der Waals surface area (Å²) in [5.41, 5.74) is 0.332. The van der Waals surface area contributed by atoms with Crippen LogP contribution in [0.1, 0.15) is 152 Å². The molecule has 2 nitrogen and oxygen atoms in total. The third-order valence-corrected chi connectivity index (χ3v) is 7.03. The number of hydrogen-bond acceptors (Lipinski definition) is 2. The summed E-state index contributed by atoms with van der Waals surface area (Å²) in [5, 5.41) is 0. The Labute approximate surface area is 197 Å². The van der Waals surface area contributed by atoms with Crippen LogP contribution in [0.3, 0.4) is 0 Å². The molecule has 188 valence electrons. The smallest absolute Gasteiger partial charge is 0.0626 e. The third-order valence-electron chi connectivity index (χ3n) is 7.03.